The molecular weight excluding hydrogens is 308 g/mol. The molecule has 0 heterocycles. The Morgan fingerprint density at radius 2 is 2.22 bits per heavy atom. The number of methoxy groups -OCH3 is 1. The number of benzene rings is 1. The van der Waals surface area contributed by atoms with E-state index in [1.54, 1.807) is 6.92 Å². The molecule has 98 valence electrons. The highest BCUT2D eigenvalue weighted by molar-refractivity contribution is 9.10. The second-order valence-electron chi connectivity index (χ2n) is 3.23. The van der Waals surface area contributed by atoms with Crippen molar-refractivity contribution < 1.29 is 19.6 Å². The van der Waals surface area contributed by atoms with Crippen LogP contribution < -0.4 is 9.64 Å². The molecule has 0 saturated carbocycles. The summed E-state index contributed by atoms with van der Waals surface area (Å²) in [7, 11) is 1.32. The third-order valence-electron chi connectivity index (χ3n) is 2.28. The molecule has 1 aromatic rings. The average Bonchev–Trinajstić information content (AvgIpc) is 2.29. The van der Waals surface area contributed by atoms with E-state index in [-0.39, 0.29) is 23.7 Å². The van der Waals surface area contributed by atoms with Gasteiger partial charge >= 0.3 is 6.09 Å². The van der Waals surface area contributed by atoms with E-state index in [1.807, 2.05) is 0 Å². The monoisotopic (exact) mass is 318 g/mol. The van der Waals surface area contributed by atoms with Gasteiger partial charge in [-0.2, -0.15) is 0 Å². The number of halogens is 1. The molecule has 0 aliphatic rings. The minimum Gasteiger partial charge on any atom is -0.493 e. The second-order valence-corrected chi connectivity index (χ2v) is 4.09. The third kappa shape index (κ3) is 2.53. The smallest absolute Gasteiger partial charge is 0.412 e. The Kier molecular flexibility index (Phi) is 4.49. The Morgan fingerprint density at radius 1 is 1.61 bits per heavy atom. The quantitative estimate of drug-likeness (QED) is 0.680. The number of hydrogen-bond donors (Lipinski definition) is 1. The zero-order valence-corrected chi connectivity index (χ0v) is 11.3. The normalized spacial score (nSPS) is 9.94. The lowest BCUT2D eigenvalue weighted by Crippen LogP contribution is -2.29. The molecule has 0 bridgehead atoms. The van der Waals surface area contributed by atoms with Crippen LogP contribution >= 0.6 is 15.9 Å². The number of nitrogens with zero attached hydrogens (tertiary/aromatic N) is 2. The molecule has 1 aromatic carbocycles. The van der Waals surface area contributed by atoms with Crippen molar-refractivity contribution in [2.45, 2.75) is 6.92 Å². The summed E-state index contributed by atoms with van der Waals surface area (Å²) in [6.45, 7) is 1.65. The van der Waals surface area contributed by atoms with Crippen molar-refractivity contribution in [3.63, 3.8) is 0 Å². The summed E-state index contributed by atoms with van der Waals surface area (Å²) >= 11 is 3.17. The van der Waals surface area contributed by atoms with Gasteiger partial charge in [0.25, 0.3) is 5.69 Å². The number of nitro benzene ring substituents is 1. The Labute approximate surface area is 111 Å². The SMILES string of the molecule is CCN(C(=O)O)c1c([N+](=O)[O-])ccc(Br)c1OC. The Morgan fingerprint density at radius 3 is 2.61 bits per heavy atom. The summed E-state index contributed by atoms with van der Waals surface area (Å²) in [6.07, 6.45) is -1.28. The summed E-state index contributed by atoms with van der Waals surface area (Å²) < 4.78 is 5.49. The molecule has 7 nitrogen and oxygen atoms in total. The van der Waals surface area contributed by atoms with E-state index in [2.05, 4.69) is 15.9 Å². The molecule has 0 unspecified atom stereocenters. The number of nitro groups is 1. The van der Waals surface area contributed by atoms with Crippen LogP contribution in [-0.2, 0) is 0 Å². The number of ether oxygens (including phenoxy) is 1. The van der Waals surface area contributed by atoms with E-state index >= 15 is 0 Å². The number of amides is 1. The van der Waals surface area contributed by atoms with Crippen LogP contribution in [-0.4, -0.2) is 29.8 Å². The molecule has 0 fully saturated rings. The van der Waals surface area contributed by atoms with Gasteiger partial charge in [0.2, 0.25) is 0 Å². The van der Waals surface area contributed by atoms with E-state index in [9.17, 15) is 14.9 Å². The lowest BCUT2D eigenvalue weighted by atomic mass is 10.2. The summed E-state index contributed by atoms with van der Waals surface area (Å²) in [6, 6.07) is 2.67. The fraction of sp³-hybridized carbons (Fsp3) is 0.300. The lowest BCUT2D eigenvalue weighted by Gasteiger charge is -2.20. The van der Waals surface area contributed by atoms with Crippen molar-refractivity contribution in [1.29, 1.82) is 0 Å². The van der Waals surface area contributed by atoms with E-state index in [4.69, 9.17) is 9.84 Å². The van der Waals surface area contributed by atoms with E-state index in [1.165, 1.54) is 19.2 Å². The molecule has 1 N–H and O–H groups in total. The second kappa shape index (κ2) is 5.67. The summed E-state index contributed by atoms with van der Waals surface area (Å²) in [5, 5.41) is 20.0. The number of anilines is 1. The molecule has 0 atom stereocenters. The van der Waals surface area contributed by atoms with E-state index in [0.717, 1.165) is 4.90 Å². The summed E-state index contributed by atoms with van der Waals surface area (Å²) in [5.41, 5.74) is -0.397. The van der Waals surface area contributed by atoms with Gasteiger partial charge < -0.3 is 9.84 Å². The van der Waals surface area contributed by atoms with Crippen LogP contribution in [0.25, 0.3) is 0 Å². The Bertz CT molecular complexity index is 491. The first kappa shape index (κ1) is 14.2. The maximum absolute atomic E-state index is 11.1. The fourth-order valence-electron chi connectivity index (χ4n) is 1.53. The highest BCUT2D eigenvalue weighted by Gasteiger charge is 2.28. The van der Waals surface area contributed by atoms with Crippen LogP contribution in [0.3, 0.4) is 0 Å². The first-order valence-corrected chi connectivity index (χ1v) is 5.74. The summed E-state index contributed by atoms with van der Waals surface area (Å²) in [4.78, 5) is 22.3. The van der Waals surface area contributed by atoms with Gasteiger partial charge in [-0.15, -0.1) is 0 Å². The number of carboxylic acid groups (broad SMARTS) is 1. The molecule has 1 amide bonds. The zero-order valence-electron chi connectivity index (χ0n) is 9.71. The molecule has 0 aliphatic heterocycles. The van der Waals surface area contributed by atoms with Crippen LogP contribution in [0.2, 0.25) is 0 Å². The van der Waals surface area contributed by atoms with Crippen LogP contribution in [0.4, 0.5) is 16.2 Å². The van der Waals surface area contributed by atoms with Crippen LogP contribution in [0.5, 0.6) is 5.75 Å². The average molecular weight is 319 g/mol. The van der Waals surface area contributed by atoms with Crippen molar-refractivity contribution in [2.24, 2.45) is 0 Å². The maximum Gasteiger partial charge on any atom is 0.412 e. The Balaban J connectivity index is 3.58. The van der Waals surface area contributed by atoms with Gasteiger partial charge in [-0.3, -0.25) is 15.0 Å². The van der Waals surface area contributed by atoms with Crippen molar-refractivity contribution in [1.82, 2.24) is 0 Å². The molecular formula is C10H11BrN2O5. The highest BCUT2D eigenvalue weighted by Crippen LogP contribution is 2.42. The van der Waals surface area contributed by atoms with Gasteiger partial charge in [-0.1, -0.05) is 0 Å². The standard InChI is InChI=1S/C10H11BrN2O5/c1-3-12(10(14)15)8-7(13(16)17)5-4-6(11)9(8)18-2/h4-5H,3H2,1-2H3,(H,14,15). The Hall–Kier alpha value is -1.83. The molecule has 0 spiro atoms. The molecule has 8 heteroatoms. The molecule has 0 aromatic heterocycles. The molecule has 18 heavy (non-hydrogen) atoms. The zero-order chi connectivity index (χ0) is 13.9. The largest absolute Gasteiger partial charge is 0.493 e. The molecule has 1 rings (SSSR count). The summed E-state index contributed by atoms with van der Waals surface area (Å²) in [5.74, 6) is 0.119. The fourth-order valence-corrected chi connectivity index (χ4v) is 2.01. The van der Waals surface area contributed by atoms with Gasteiger partial charge in [-0.05, 0) is 28.9 Å². The molecule has 0 aliphatic carbocycles. The lowest BCUT2D eigenvalue weighted by molar-refractivity contribution is -0.384. The maximum atomic E-state index is 11.1. The van der Waals surface area contributed by atoms with Crippen LogP contribution in [0.15, 0.2) is 16.6 Å². The van der Waals surface area contributed by atoms with E-state index in [0.29, 0.717) is 4.47 Å². The number of hydrogen-bond acceptors (Lipinski definition) is 4. The van der Waals surface area contributed by atoms with Gasteiger partial charge in [0.05, 0.1) is 16.5 Å². The molecule has 0 saturated heterocycles. The minimum atomic E-state index is -1.28. The van der Waals surface area contributed by atoms with Gasteiger partial charge in [0, 0.05) is 12.6 Å². The topological polar surface area (TPSA) is 92.9 Å². The van der Waals surface area contributed by atoms with Gasteiger partial charge in [0.1, 0.15) is 0 Å². The van der Waals surface area contributed by atoms with Gasteiger partial charge in [-0.25, -0.2) is 4.79 Å². The highest BCUT2D eigenvalue weighted by atomic mass is 79.9. The van der Waals surface area contributed by atoms with E-state index < -0.39 is 11.0 Å². The first-order valence-electron chi connectivity index (χ1n) is 4.95. The van der Waals surface area contributed by atoms with Crippen LogP contribution in [0, 0.1) is 10.1 Å². The third-order valence-corrected chi connectivity index (χ3v) is 2.90. The predicted octanol–water partition coefficient (Wildman–Crippen LogP) is 2.87. The molecule has 0 radical (unpaired) electrons. The minimum absolute atomic E-state index is 0.0724. The number of carbonyl (C=O) groups is 1. The van der Waals surface area contributed by atoms with Gasteiger partial charge in [0.15, 0.2) is 11.4 Å². The predicted molar refractivity (Wildman–Crippen MR) is 68.4 cm³/mol. The first-order chi connectivity index (χ1) is 8.43. The van der Waals surface area contributed by atoms with Crippen molar-refractivity contribution in [2.75, 3.05) is 18.6 Å². The van der Waals surface area contributed by atoms with Crippen molar-refractivity contribution in [3.8, 4) is 5.75 Å². The van der Waals surface area contributed by atoms with Crippen molar-refractivity contribution in [3.05, 3.63) is 26.7 Å². The van der Waals surface area contributed by atoms with Crippen LogP contribution in [0.1, 0.15) is 6.92 Å². The van der Waals surface area contributed by atoms with Crippen molar-refractivity contribution >= 4 is 33.4 Å². The number of rotatable bonds is 4.